The van der Waals surface area contributed by atoms with E-state index in [0.29, 0.717) is 43.1 Å². The van der Waals surface area contributed by atoms with Crippen molar-refractivity contribution in [1.29, 1.82) is 5.26 Å². The number of aryl methyl sites for hydroxylation is 1. The molecular formula is C19H20N4O2. The number of amides is 1. The second-order valence-electron chi connectivity index (χ2n) is 5.95. The molecule has 1 aromatic heterocycles. The van der Waals surface area contributed by atoms with Crippen molar-refractivity contribution in [2.24, 2.45) is 0 Å². The predicted molar refractivity (Wildman–Crippen MR) is 94.8 cm³/mol. The van der Waals surface area contributed by atoms with Gasteiger partial charge in [-0.3, -0.25) is 4.79 Å². The first-order valence-electron chi connectivity index (χ1n) is 8.18. The summed E-state index contributed by atoms with van der Waals surface area (Å²) in [5.74, 6) is 1.41. The van der Waals surface area contributed by atoms with Crippen molar-refractivity contribution in [2.75, 3.05) is 38.2 Å². The molecule has 0 atom stereocenters. The summed E-state index contributed by atoms with van der Waals surface area (Å²) in [6.45, 7) is 4.44. The number of piperazine rings is 1. The Balaban J connectivity index is 1.70. The van der Waals surface area contributed by atoms with Gasteiger partial charge in [0.05, 0.1) is 12.7 Å². The van der Waals surface area contributed by atoms with Crippen LogP contribution in [0.4, 0.5) is 5.82 Å². The van der Waals surface area contributed by atoms with E-state index in [2.05, 4.69) is 16.0 Å². The molecule has 0 radical (unpaired) electrons. The Bertz CT molecular complexity index is 820. The Morgan fingerprint density at radius 3 is 2.68 bits per heavy atom. The molecule has 2 heterocycles. The number of pyridine rings is 1. The average molecular weight is 336 g/mol. The minimum atomic E-state index is -0.000484. The monoisotopic (exact) mass is 336 g/mol. The number of hydrogen-bond donors (Lipinski definition) is 0. The minimum absolute atomic E-state index is 0.000484. The fraction of sp³-hybridized carbons (Fsp3) is 0.316. The highest BCUT2D eigenvalue weighted by Crippen LogP contribution is 2.22. The molecular weight excluding hydrogens is 316 g/mol. The second kappa shape index (κ2) is 7.22. The molecule has 1 fully saturated rings. The third kappa shape index (κ3) is 3.41. The molecule has 0 spiro atoms. The molecule has 6 heteroatoms. The number of nitriles is 1. The van der Waals surface area contributed by atoms with Gasteiger partial charge in [-0.1, -0.05) is 6.07 Å². The Morgan fingerprint density at radius 2 is 2.00 bits per heavy atom. The van der Waals surface area contributed by atoms with Crippen LogP contribution in [0.15, 0.2) is 36.5 Å². The number of ether oxygens (including phenoxy) is 1. The van der Waals surface area contributed by atoms with E-state index in [9.17, 15) is 10.1 Å². The van der Waals surface area contributed by atoms with E-state index >= 15 is 0 Å². The van der Waals surface area contributed by atoms with E-state index in [0.717, 1.165) is 11.3 Å². The second-order valence-corrected chi connectivity index (χ2v) is 5.95. The number of benzene rings is 1. The van der Waals surface area contributed by atoms with Crippen molar-refractivity contribution in [2.45, 2.75) is 6.92 Å². The number of anilines is 1. The summed E-state index contributed by atoms with van der Waals surface area (Å²) in [5, 5.41) is 9.22. The van der Waals surface area contributed by atoms with Gasteiger partial charge in [-0.15, -0.1) is 0 Å². The molecule has 1 aromatic carbocycles. The fourth-order valence-electron chi connectivity index (χ4n) is 2.99. The molecule has 6 nitrogen and oxygen atoms in total. The van der Waals surface area contributed by atoms with Gasteiger partial charge in [0, 0.05) is 37.9 Å². The maximum absolute atomic E-state index is 12.7. The largest absolute Gasteiger partial charge is 0.496 e. The summed E-state index contributed by atoms with van der Waals surface area (Å²) in [5.41, 5.74) is 2.19. The van der Waals surface area contributed by atoms with Gasteiger partial charge in [0.15, 0.2) is 0 Å². The van der Waals surface area contributed by atoms with E-state index in [1.54, 1.807) is 31.5 Å². The summed E-state index contributed by atoms with van der Waals surface area (Å²) in [6, 6.07) is 11.2. The summed E-state index contributed by atoms with van der Waals surface area (Å²) in [6.07, 6.45) is 1.69. The number of hydrogen-bond acceptors (Lipinski definition) is 5. The highest BCUT2D eigenvalue weighted by molar-refractivity contribution is 5.95. The maximum Gasteiger partial charge on any atom is 0.254 e. The first-order valence-corrected chi connectivity index (χ1v) is 8.18. The normalized spacial score (nSPS) is 14.1. The first kappa shape index (κ1) is 16.8. The van der Waals surface area contributed by atoms with Crippen LogP contribution in [0.3, 0.4) is 0 Å². The molecule has 3 rings (SSSR count). The molecule has 1 saturated heterocycles. The van der Waals surface area contributed by atoms with Crippen molar-refractivity contribution in [3.63, 3.8) is 0 Å². The van der Waals surface area contributed by atoms with E-state index in [1.807, 2.05) is 24.0 Å². The Morgan fingerprint density at radius 1 is 1.24 bits per heavy atom. The van der Waals surface area contributed by atoms with E-state index in [4.69, 9.17) is 4.74 Å². The van der Waals surface area contributed by atoms with Gasteiger partial charge in [-0.25, -0.2) is 4.98 Å². The summed E-state index contributed by atoms with van der Waals surface area (Å²) < 4.78 is 5.31. The lowest BCUT2D eigenvalue weighted by Crippen LogP contribution is -2.49. The SMILES string of the molecule is COc1cc(C(=O)N2CCN(c3ncccc3C#N)CC2)ccc1C. The molecule has 2 aromatic rings. The molecule has 25 heavy (non-hydrogen) atoms. The van der Waals surface area contributed by atoms with Crippen LogP contribution in [0.25, 0.3) is 0 Å². The van der Waals surface area contributed by atoms with Gasteiger partial charge >= 0.3 is 0 Å². The van der Waals surface area contributed by atoms with Gasteiger partial charge < -0.3 is 14.5 Å². The third-order valence-electron chi connectivity index (χ3n) is 4.43. The summed E-state index contributed by atoms with van der Waals surface area (Å²) >= 11 is 0. The van der Waals surface area contributed by atoms with E-state index in [1.165, 1.54) is 0 Å². The molecule has 0 N–H and O–H groups in total. The topological polar surface area (TPSA) is 69.5 Å². The lowest BCUT2D eigenvalue weighted by Gasteiger charge is -2.35. The Hall–Kier alpha value is -3.07. The average Bonchev–Trinajstić information content (AvgIpc) is 2.68. The first-order chi connectivity index (χ1) is 12.1. The smallest absolute Gasteiger partial charge is 0.254 e. The summed E-state index contributed by atoms with van der Waals surface area (Å²) in [4.78, 5) is 20.9. The predicted octanol–water partition coefficient (Wildman–Crippen LogP) is 2.23. The molecule has 1 aliphatic rings. The van der Waals surface area contributed by atoms with Crippen LogP contribution < -0.4 is 9.64 Å². The number of carbonyl (C=O) groups is 1. The van der Waals surface area contributed by atoms with Crippen molar-refractivity contribution in [1.82, 2.24) is 9.88 Å². The zero-order valence-electron chi connectivity index (χ0n) is 14.4. The van der Waals surface area contributed by atoms with Crippen LogP contribution in [0.2, 0.25) is 0 Å². The van der Waals surface area contributed by atoms with Crippen molar-refractivity contribution < 1.29 is 9.53 Å². The van der Waals surface area contributed by atoms with Gasteiger partial charge in [0.1, 0.15) is 17.6 Å². The molecule has 0 aliphatic carbocycles. The molecule has 0 saturated carbocycles. The van der Waals surface area contributed by atoms with E-state index < -0.39 is 0 Å². The van der Waals surface area contributed by atoms with Gasteiger partial charge in [-0.05, 0) is 36.8 Å². The number of aromatic nitrogens is 1. The van der Waals surface area contributed by atoms with Crippen LogP contribution in [0.1, 0.15) is 21.5 Å². The van der Waals surface area contributed by atoms with Crippen molar-refractivity contribution in [3.05, 3.63) is 53.2 Å². The Kier molecular flexibility index (Phi) is 4.85. The van der Waals surface area contributed by atoms with Crippen molar-refractivity contribution in [3.8, 4) is 11.8 Å². The fourth-order valence-corrected chi connectivity index (χ4v) is 2.99. The zero-order valence-corrected chi connectivity index (χ0v) is 14.4. The maximum atomic E-state index is 12.7. The van der Waals surface area contributed by atoms with Gasteiger partial charge in [0.25, 0.3) is 5.91 Å². The Labute approximate surface area is 147 Å². The highest BCUT2D eigenvalue weighted by Gasteiger charge is 2.24. The molecule has 1 amide bonds. The number of nitrogens with zero attached hydrogens (tertiary/aromatic N) is 4. The molecule has 0 bridgehead atoms. The molecule has 1 aliphatic heterocycles. The van der Waals surface area contributed by atoms with Gasteiger partial charge in [0.2, 0.25) is 0 Å². The van der Waals surface area contributed by atoms with Crippen LogP contribution in [0.5, 0.6) is 5.75 Å². The number of methoxy groups -OCH3 is 1. The minimum Gasteiger partial charge on any atom is -0.496 e. The van der Waals surface area contributed by atoms with Crippen LogP contribution in [-0.2, 0) is 0 Å². The number of rotatable bonds is 3. The standard InChI is InChI=1S/C19H20N4O2/c1-14-5-6-15(12-17(14)25-2)19(24)23-10-8-22(9-11-23)18-16(13-20)4-3-7-21-18/h3-7,12H,8-11H2,1-2H3. The number of carbonyl (C=O) groups excluding carboxylic acids is 1. The van der Waals surface area contributed by atoms with Crippen LogP contribution >= 0.6 is 0 Å². The lowest BCUT2D eigenvalue weighted by atomic mass is 10.1. The molecule has 0 unspecified atom stereocenters. The summed E-state index contributed by atoms with van der Waals surface area (Å²) in [7, 11) is 1.61. The van der Waals surface area contributed by atoms with E-state index in [-0.39, 0.29) is 5.91 Å². The van der Waals surface area contributed by atoms with Crippen LogP contribution in [-0.4, -0.2) is 49.1 Å². The third-order valence-corrected chi connectivity index (χ3v) is 4.43. The van der Waals surface area contributed by atoms with Crippen LogP contribution in [0, 0.1) is 18.3 Å². The van der Waals surface area contributed by atoms with Gasteiger partial charge in [-0.2, -0.15) is 5.26 Å². The highest BCUT2D eigenvalue weighted by atomic mass is 16.5. The quantitative estimate of drug-likeness (QED) is 0.860. The zero-order chi connectivity index (χ0) is 17.8. The molecule has 128 valence electrons. The van der Waals surface area contributed by atoms with Crippen molar-refractivity contribution >= 4 is 11.7 Å². The lowest BCUT2D eigenvalue weighted by molar-refractivity contribution is 0.0746.